The van der Waals surface area contributed by atoms with Crippen LogP contribution < -0.4 is 11.1 Å². The summed E-state index contributed by atoms with van der Waals surface area (Å²) < 4.78 is 7.71. The Morgan fingerprint density at radius 2 is 2.11 bits per heavy atom. The number of thiazole rings is 1. The van der Waals surface area contributed by atoms with Crippen LogP contribution in [-0.4, -0.2) is 33.5 Å². The summed E-state index contributed by atoms with van der Waals surface area (Å²) in [6.07, 6.45) is 4.53. The zero-order valence-corrected chi connectivity index (χ0v) is 17.8. The summed E-state index contributed by atoms with van der Waals surface area (Å²) in [5.41, 5.74) is 7.75. The van der Waals surface area contributed by atoms with Gasteiger partial charge in [-0.2, -0.15) is 0 Å². The summed E-state index contributed by atoms with van der Waals surface area (Å²) >= 11 is 1.60. The van der Waals surface area contributed by atoms with Crippen LogP contribution in [0.15, 0.2) is 42.0 Å². The van der Waals surface area contributed by atoms with Crippen molar-refractivity contribution in [1.29, 1.82) is 0 Å². The normalized spacial score (nSPS) is 23.1. The number of aromatic nitrogens is 2. The molecule has 28 heavy (non-hydrogen) atoms. The topological polar surface area (TPSA) is 81.6 Å². The Morgan fingerprint density at radius 1 is 1.39 bits per heavy atom. The Labute approximate surface area is 174 Å². The number of nitrogens with one attached hydrogen (secondary N) is 1. The third kappa shape index (κ3) is 3.22. The minimum atomic E-state index is -0.931. The number of benzene rings is 1. The highest BCUT2D eigenvalue weighted by Crippen LogP contribution is 2.50. The van der Waals surface area contributed by atoms with Crippen molar-refractivity contribution in [3.8, 4) is 11.3 Å². The fourth-order valence-corrected chi connectivity index (χ4v) is 4.35. The van der Waals surface area contributed by atoms with Gasteiger partial charge in [-0.05, 0) is 19.1 Å². The van der Waals surface area contributed by atoms with Gasteiger partial charge >= 0.3 is 0 Å². The molecule has 8 heteroatoms. The number of anilines is 1. The van der Waals surface area contributed by atoms with Gasteiger partial charge in [0.15, 0.2) is 4.96 Å². The molecule has 2 heterocycles. The van der Waals surface area contributed by atoms with Crippen molar-refractivity contribution in [3.63, 3.8) is 0 Å². The van der Waals surface area contributed by atoms with E-state index in [1.54, 1.807) is 11.3 Å². The van der Waals surface area contributed by atoms with Crippen molar-refractivity contribution in [1.82, 2.24) is 9.38 Å². The van der Waals surface area contributed by atoms with Gasteiger partial charge in [0, 0.05) is 47.5 Å². The molecular formula is C20H25ClN4O2S. The molecule has 2 aromatic heterocycles. The number of imidazole rings is 1. The number of hydrogen-bond donors (Lipinski definition) is 2. The van der Waals surface area contributed by atoms with Crippen molar-refractivity contribution in [2.24, 2.45) is 11.1 Å². The third-order valence-electron chi connectivity index (χ3n) is 5.77. The van der Waals surface area contributed by atoms with Gasteiger partial charge in [-0.3, -0.25) is 9.20 Å². The van der Waals surface area contributed by atoms with E-state index in [4.69, 9.17) is 10.5 Å². The molecular weight excluding hydrogens is 396 g/mol. The van der Waals surface area contributed by atoms with Crippen LogP contribution in [0.4, 0.5) is 5.69 Å². The molecule has 0 aliphatic heterocycles. The summed E-state index contributed by atoms with van der Waals surface area (Å²) in [5.74, 6) is -0.168. The van der Waals surface area contributed by atoms with Crippen molar-refractivity contribution in [3.05, 3.63) is 42.0 Å². The molecule has 0 bridgehead atoms. The number of carbonyl (C=O) groups is 1. The lowest BCUT2D eigenvalue weighted by atomic mass is 9.54. The second kappa shape index (κ2) is 7.48. The fraction of sp³-hybridized carbons (Fsp3) is 0.400. The van der Waals surface area contributed by atoms with E-state index in [9.17, 15) is 4.79 Å². The van der Waals surface area contributed by atoms with Gasteiger partial charge in [0.25, 0.3) is 0 Å². The Kier molecular flexibility index (Phi) is 5.55. The lowest BCUT2D eigenvalue weighted by Crippen LogP contribution is -2.74. The lowest BCUT2D eigenvalue weighted by molar-refractivity contribution is -0.166. The average Bonchev–Trinajstić information content (AvgIpc) is 3.24. The van der Waals surface area contributed by atoms with Gasteiger partial charge in [0.2, 0.25) is 5.91 Å². The summed E-state index contributed by atoms with van der Waals surface area (Å²) in [5, 5.41) is 4.97. The molecule has 2 atom stereocenters. The Balaban J connectivity index is 0.00000225. The quantitative estimate of drug-likeness (QED) is 0.654. The molecule has 1 saturated carbocycles. The number of ether oxygens (including phenoxy) is 1. The van der Waals surface area contributed by atoms with Crippen LogP contribution in [0.2, 0.25) is 0 Å². The van der Waals surface area contributed by atoms with Crippen LogP contribution in [0, 0.1) is 5.41 Å². The second-order valence-electron chi connectivity index (χ2n) is 7.59. The molecule has 0 spiro atoms. The summed E-state index contributed by atoms with van der Waals surface area (Å²) in [6, 6.07) is 7.69. The molecule has 0 radical (unpaired) electrons. The first kappa shape index (κ1) is 20.8. The van der Waals surface area contributed by atoms with E-state index in [0.717, 1.165) is 21.9 Å². The lowest BCUT2D eigenvalue weighted by Gasteiger charge is -2.57. The van der Waals surface area contributed by atoms with Crippen LogP contribution in [-0.2, 0) is 9.53 Å². The molecule has 1 amide bonds. The van der Waals surface area contributed by atoms with Crippen LogP contribution in [0.1, 0.15) is 27.2 Å². The van der Waals surface area contributed by atoms with E-state index in [-0.39, 0.29) is 24.4 Å². The van der Waals surface area contributed by atoms with Crippen LogP contribution in [0.3, 0.4) is 0 Å². The van der Waals surface area contributed by atoms with E-state index >= 15 is 0 Å². The molecule has 4 rings (SSSR count). The minimum absolute atomic E-state index is 0. The number of amides is 1. The monoisotopic (exact) mass is 420 g/mol. The number of halogens is 1. The van der Waals surface area contributed by atoms with E-state index in [1.807, 2.05) is 67.2 Å². The molecule has 3 N–H and O–H groups in total. The summed E-state index contributed by atoms with van der Waals surface area (Å²) in [6.45, 7) is 6.56. The zero-order valence-electron chi connectivity index (χ0n) is 16.1. The molecule has 1 aliphatic carbocycles. The van der Waals surface area contributed by atoms with Crippen LogP contribution in [0.5, 0.6) is 0 Å². The molecule has 6 nitrogen and oxygen atoms in total. The summed E-state index contributed by atoms with van der Waals surface area (Å²) in [7, 11) is 0. The number of nitrogens with zero attached hydrogens (tertiary/aromatic N) is 2. The van der Waals surface area contributed by atoms with E-state index in [2.05, 4.69) is 10.3 Å². The molecule has 3 aromatic rings. The maximum atomic E-state index is 12.8. The van der Waals surface area contributed by atoms with Crippen molar-refractivity contribution in [2.75, 3.05) is 11.9 Å². The predicted molar refractivity (Wildman–Crippen MR) is 115 cm³/mol. The Hall–Kier alpha value is -1.93. The van der Waals surface area contributed by atoms with E-state index < -0.39 is 11.0 Å². The summed E-state index contributed by atoms with van der Waals surface area (Å²) in [4.78, 5) is 18.4. The first-order valence-corrected chi connectivity index (χ1v) is 9.97. The highest BCUT2D eigenvalue weighted by Gasteiger charge is 2.62. The van der Waals surface area contributed by atoms with Crippen LogP contribution >= 0.6 is 23.7 Å². The molecule has 1 aromatic carbocycles. The highest BCUT2D eigenvalue weighted by molar-refractivity contribution is 7.15. The third-order valence-corrected chi connectivity index (χ3v) is 6.54. The SMILES string of the molecule is CCOC1CC(N)(C(=O)Nc2ccc(-c3cn4ccsc4n3)cc2)C1(C)C.Cl. The number of nitrogens with two attached hydrogens (primary N) is 1. The predicted octanol–water partition coefficient (Wildman–Crippen LogP) is 3.96. The van der Waals surface area contributed by atoms with Crippen molar-refractivity contribution >= 4 is 40.3 Å². The largest absolute Gasteiger partial charge is 0.378 e. The molecule has 1 fully saturated rings. The number of carbonyl (C=O) groups excluding carboxylic acids is 1. The standard InChI is InChI=1S/C20H24N4O2S.ClH/c1-4-26-16-11-20(21,19(16,2)3)17(25)22-14-7-5-13(6-8-14)15-12-24-9-10-27-18(24)23-15;/h5-10,12,16H,4,11,21H2,1-3H3,(H,22,25);1H. The zero-order chi connectivity index (χ0) is 19.2. The number of rotatable bonds is 5. The molecule has 2 unspecified atom stereocenters. The van der Waals surface area contributed by atoms with Gasteiger partial charge in [-0.1, -0.05) is 26.0 Å². The van der Waals surface area contributed by atoms with Crippen molar-refractivity contribution in [2.45, 2.75) is 38.8 Å². The Bertz CT molecular complexity index is 953. The molecule has 150 valence electrons. The van der Waals surface area contributed by atoms with Crippen molar-refractivity contribution < 1.29 is 9.53 Å². The van der Waals surface area contributed by atoms with Gasteiger partial charge in [0.05, 0.1) is 11.8 Å². The van der Waals surface area contributed by atoms with E-state index in [0.29, 0.717) is 13.0 Å². The maximum Gasteiger partial charge on any atom is 0.245 e. The molecule has 1 aliphatic rings. The Morgan fingerprint density at radius 3 is 2.71 bits per heavy atom. The van der Waals surface area contributed by atoms with Gasteiger partial charge in [-0.25, -0.2) is 4.98 Å². The van der Waals surface area contributed by atoms with Gasteiger partial charge in [-0.15, -0.1) is 23.7 Å². The van der Waals surface area contributed by atoms with Crippen LogP contribution in [0.25, 0.3) is 16.2 Å². The maximum absolute atomic E-state index is 12.8. The first-order valence-electron chi connectivity index (χ1n) is 9.10. The number of fused-ring (bicyclic) bond motifs is 1. The average molecular weight is 421 g/mol. The van der Waals surface area contributed by atoms with Gasteiger partial charge in [0.1, 0.15) is 5.54 Å². The highest BCUT2D eigenvalue weighted by atomic mass is 35.5. The van der Waals surface area contributed by atoms with E-state index in [1.165, 1.54) is 0 Å². The van der Waals surface area contributed by atoms with Gasteiger partial charge < -0.3 is 15.8 Å². The molecule has 0 saturated heterocycles. The first-order chi connectivity index (χ1) is 12.8. The number of hydrogen-bond acceptors (Lipinski definition) is 5. The fourth-order valence-electron chi connectivity index (χ4n) is 3.65. The second-order valence-corrected chi connectivity index (χ2v) is 8.46. The smallest absolute Gasteiger partial charge is 0.245 e. The minimum Gasteiger partial charge on any atom is -0.378 e.